The molecule has 2 aromatic rings. The van der Waals surface area contributed by atoms with Crippen LogP contribution in [0, 0.1) is 11.3 Å². The van der Waals surface area contributed by atoms with E-state index in [0.717, 1.165) is 23.8 Å². The summed E-state index contributed by atoms with van der Waals surface area (Å²) < 4.78 is 5.47. The van der Waals surface area contributed by atoms with E-state index >= 15 is 0 Å². The molecule has 2 aromatic carbocycles. The molecule has 6 heteroatoms. The first-order valence-corrected chi connectivity index (χ1v) is 8.28. The Bertz CT molecular complexity index is 736. The van der Waals surface area contributed by atoms with Gasteiger partial charge in [0.1, 0.15) is 5.75 Å². The van der Waals surface area contributed by atoms with Crippen molar-refractivity contribution in [2.75, 3.05) is 20.7 Å². The minimum atomic E-state index is 0. The highest BCUT2D eigenvalue weighted by molar-refractivity contribution is 14.0. The van der Waals surface area contributed by atoms with Crippen LogP contribution < -0.4 is 10.1 Å². The van der Waals surface area contributed by atoms with E-state index in [9.17, 15) is 0 Å². The normalized spacial score (nSPS) is 10.5. The zero-order valence-electron chi connectivity index (χ0n) is 15.4. The number of guanidine groups is 1. The van der Waals surface area contributed by atoms with Crippen molar-refractivity contribution in [2.24, 2.45) is 4.99 Å². The number of nitrogens with zero attached hydrogens (tertiary/aromatic N) is 3. The highest BCUT2D eigenvalue weighted by Gasteiger charge is 2.07. The van der Waals surface area contributed by atoms with Gasteiger partial charge < -0.3 is 15.0 Å². The number of rotatable bonds is 6. The van der Waals surface area contributed by atoms with Crippen molar-refractivity contribution in [3.8, 4) is 11.8 Å². The summed E-state index contributed by atoms with van der Waals surface area (Å²) in [4.78, 5) is 6.40. The zero-order valence-corrected chi connectivity index (χ0v) is 17.7. The van der Waals surface area contributed by atoms with E-state index in [1.165, 1.54) is 5.56 Å². The summed E-state index contributed by atoms with van der Waals surface area (Å²) in [5, 5.41) is 12.2. The van der Waals surface area contributed by atoms with E-state index in [-0.39, 0.29) is 24.0 Å². The molecule has 0 heterocycles. The predicted octanol–water partition coefficient (Wildman–Crippen LogP) is 3.78. The summed E-state index contributed by atoms with van der Waals surface area (Å²) in [5.41, 5.74) is 2.96. The molecular formula is C20H25IN4O. The summed E-state index contributed by atoms with van der Waals surface area (Å²) in [6.07, 6.45) is 0. The molecule has 0 unspecified atom stereocenters. The number of nitrogens with one attached hydrogen (secondary N) is 1. The fraction of sp³-hybridized carbons (Fsp3) is 0.300. The second-order valence-corrected chi connectivity index (χ2v) is 5.64. The molecular weight excluding hydrogens is 439 g/mol. The van der Waals surface area contributed by atoms with E-state index in [4.69, 9.17) is 10.00 Å². The third-order valence-electron chi connectivity index (χ3n) is 3.76. The maximum atomic E-state index is 8.85. The van der Waals surface area contributed by atoms with Crippen molar-refractivity contribution in [3.63, 3.8) is 0 Å². The smallest absolute Gasteiger partial charge is 0.193 e. The third kappa shape index (κ3) is 6.56. The Kier molecular flexibility index (Phi) is 9.52. The number of hydrogen-bond donors (Lipinski definition) is 1. The molecule has 5 nitrogen and oxygen atoms in total. The highest BCUT2D eigenvalue weighted by atomic mass is 127. The molecule has 0 bridgehead atoms. The number of halogens is 1. The lowest BCUT2D eigenvalue weighted by molar-refractivity contribution is 0.340. The molecule has 0 fully saturated rings. The Morgan fingerprint density at radius 3 is 2.27 bits per heavy atom. The van der Waals surface area contributed by atoms with Crippen molar-refractivity contribution in [1.29, 1.82) is 5.26 Å². The molecule has 0 saturated heterocycles. The first-order valence-electron chi connectivity index (χ1n) is 8.28. The Morgan fingerprint density at radius 2 is 1.73 bits per heavy atom. The first-order chi connectivity index (χ1) is 12.2. The monoisotopic (exact) mass is 464 g/mol. The van der Waals surface area contributed by atoms with Gasteiger partial charge in [-0.3, -0.25) is 4.99 Å². The lowest BCUT2D eigenvalue weighted by Gasteiger charge is -2.22. The van der Waals surface area contributed by atoms with Crippen molar-refractivity contribution in [2.45, 2.75) is 20.0 Å². The zero-order chi connectivity index (χ0) is 18.1. The van der Waals surface area contributed by atoms with Gasteiger partial charge in [0.05, 0.1) is 18.2 Å². The molecule has 0 radical (unpaired) electrons. The maximum absolute atomic E-state index is 8.85. The van der Waals surface area contributed by atoms with Gasteiger partial charge in [-0.05, 0) is 42.3 Å². The maximum Gasteiger partial charge on any atom is 0.193 e. The molecule has 0 amide bonds. The van der Waals surface area contributed by atoms with Gasteiger partial charge in [0.25, 0.3) is 0 Å². The largest absolute Gasteiger partial charge is 0.494 e. The Hall–Kier alpha value is -2.27. The van der Waals surface area contributed by atoms with Crippen molar-refractivity contribution < 1.29 is 4.74 Å². The van der Waals surface area contributed by atoms with E-state index in [1.807, 2.05) is 50.4 Å². The van der Waals surface area contributed by atoms with Crippen LogP contribution in [0.5, 0.6) is 5.75 Å². The molecule has 0 saturated carbocycles. The minimum absolute atomic E-state index is 0. The fourth-order valence-electron chi connectivity index (χ4n) is 2.47. The van der Waals surface area contributed by atoms with Crippen LogP contribution in [0.1, 0.15) is 23.6 Å². The highest BCUT2D eigenvalue weighted by Crippen LogP contribution is 2.13. The average molecular weight is 464 g/mol. The minimum Gasteiger partial charge on any atom is -0.494 e. The van der Waals surface area contributed by atoms with Gasteiger partial charge in [0, 0.05) is 27.2 Å². The summed E-state index contributed by atoms with van der Waals surface area (Å²) in [6.45, 7) is 4.06. The topological polar surface area (TPSA) is 60.6 Å². The summed E-state index contributed by atoms with van der Waals surface area (Å²) in [5.74, 6) is 1.70. The van der Waals surface area contributed by atoms with Crippen LogP contribution >= 0.6 is 24.0 Å². The van der Waals surface area contributed by atoms with Crippen LogP contribution in [0.15, 0.2) is 53.5 Å². The molecule has 1 N–H and O–H groups in total. The Labute approximate surface area is 172 Å². The molecule has 2 rings (SSSR count). The SMILES string of the molecule is CCOc1ccc(CN(C)C(=NC)NCc2ccc(C#N)cc2)cc1.I. The number of nitriles is 1. The summed E-state index contributed by atoms with van der Waals surface area (Å²) in [6, 6.07) is 17.8. The fourth-order valence-corrected chi connectivity index (χ4v) is 2.47. The average Bonchev–Trinajstić information content (AvgIpc) is 2.64. The van der Waals surface area contributed by atoms with Gasteiger partial charge in [-0.15, -0.1) is 24.0 Å². The Morgan fingerprint density at radius 1 is 1.12 bits per heavy atom. The second-order valence-electron chi connectivity index (χ2n) is 5.64. The molecule has 0 spiro atoms. The van der Waals surface area contributed by atoms with E-state index < -0.39 is 0 Å². The molecule has 26 heavy (non-hydrogen) atoms. The van der Waals surface area contributed by atoms with Crippen LogP contribution in [0.2, 0.25) is 0 Å². The van der Waals surface area contributed by atoms with Gasteiger partial charge >= 0.3 is 0 Å². The standard InChI is InChI=1S/C20H24N4O.HI/c1-4-25-19-11-9-18(10-12-19)15-24(3)20(22-2)23-14-17-7-5-16(13-21)6-8-17;/h5-12H,4,14-15H2,1-3H3,(H,22,23);1H. The van der Waals surface area contributed by atoms with Crippen LogP contribution in [-0.2, 0) is 13.1 Å². The quantitative estimate of drug-likeness (QED) is 0.402. The molecule has 0 aliphatic carbocycles. The van der Waals surface area contributed by atoms with Crippen molar-refractivity contribution in [3.05, 3.63) is 65.2 Å². The van der Waals surface area contributed by atoms with Gasteiger partial charge in [-0.2, -0.15) is 5.26 Å². The lowest BCUT2D eigenvalue weighted by Crippen LogP contribution is -2.38. The molecule has 0 aliphatic heterocycles. The second kappa shape index (κ2) is 11.4. The lowest BCUT2D eigenvalue weighted by atomic mass is 10.1. The van der Waals surface area contributed by atoms with Gasteiger partial charge in [-0.1, -0.05) is 24.3 Å². The summed E-state index contributed by atoms with van der Waals surface area (Å²) in [7, 11) is 3.78. The Balaban J connectivity index is 0.00000338. The molecule has 0 atom stereocenters. The molecule has 0 aromatic heterocycles. The number of benzene rings is 2. The van der Waals surface area contributed by atoms with Gasteiger partial charge in [-0.25, -0.2) is 0 Å². The van der Waals surface area contributed by atoms with Crippen LogP contribution in [0.4, 0.5) is 0 Å². The molecule has 138 valence electrons. The first kappa shape index (κ1) is 21.8. The van der Waals surface area contributed by atoms with Crippen LogP contribution in [0.3, 0.4) is 0 Å². The van der Waals surface area contributed by atoms with Crippen molar-refractivity contribution >= 4 is 29.9 Å². The van der Waals surface area contributed by atoms with Crippen molar-refractivity contribution in [1.82, 2.24) is 10.2 Å². The predicted molar refractivity (Wildman–Crippen MR) is 116 cm³/mol. The van der Waals surface area contributed by atoms with Gasteiger partial charge in [0.2, 0.25) is 0 Å². The van der Waals surface area contributed by atoms with E-state index in [2.05, 4.69) is 33.4 Å². The summed E-state index contributed by atoms with van der Waals surface area (Å²) >= 11 is 0. The van der Waals surface area contributed by atoms with E-state index in [1.54, 1.807) is 7.05 Å². The number of hydrogen-bond acceptors (Lipinski definition) is 3. The molecule has 0 aliphatic rings. The van der Waals surface area contributed by atoms with Gasteiger partial charge in [0.15, 0.2) is 5.96 Å². The third-order valence-corrected chi connectivity index (χ3v) is 3.76. The van der Waals surface area contributed by atoms with Crippen LogP contribution in [-0.4, -0.2) is 31.6 Å². The number of ether oxygens (including phenoxy) is 1. The number of aliphatic imine (C=N–C) groups is 1. The van der Waals surface area contributed by atoms with Crippen LogP contribution in [0.25, 0.3) is 0 Å². The van der Waals surface area contributed by atoms with E-state index in [0.29, 0.717) is 18.7 Å².